The number of hydrogen-bond acceptors (Lipinski definition) is 5. The zero-order valence-corrected chi connectivity index (χ0v) is 16.6. The van der Waals surface area contributed by atoms with Crippen LogP contribution >= 0.6 is 0 Å². The summed E-state index contributed by atoms with van der Waals surface area (Å²) in [6, 6.07) is 6.17. The fraction of sp³-hybridized carbons (Fsp3) is 0.571. The maximum atomic E-state index is 12.8. The number of imidazole rings is 1. The third-order valence-electron chi connectivity index (χ3n) is 5.69. The van der Waals surface area contributed by atoms with Crippen LogP contribution in [-0.2, 0) is 16.0 Å². The first kappa shape index (κ1) is 19.1. The summed E-state index contributed by atoms with van der Waals surface area (Å²) in [5.74, 6) is 2.43. The highest BCUT2D eigenvalue weighted by atomic mass is 16.5. The number of likely N-dealkylation sites (tertiary alicyclic amines) is 1. The van der Waals surface area contributed by atoms with E-state index in [9.17, 15) is 4.79 Å². The van der Waals surface area contributed by atoms with E-state index in [4.69, 9.17) is 9.72 Å². The van der Waals surface area contributed by atoms with Gasteiger partial charge in [0.2, 0.25) is 5.91 Å². The van der Waals surface area contributed by atoms with Gasteiger partial charge in [-0.2, -0.15) is 0 Å². The highest BCUT2D eigenvalue weighted by Crippen LogP contribution is 2.26. The first-order valence-electron chi connectivity index (χ1n) is 10.3. The average Bonchev–Trinajstić information content (AvgIpc) is 3.24. The van der Waals surface area contributed by atoms with Crippen LogP contribution in [0.3, 0.4) is 0 Å². The summed E-state index contributed by atoms with van der Waals surface area (Å²) in [6.45, 7) is 7.33. The van der Waals surface area contributed by atoms with Crippen molar-refractivity contribution in [2.24, 2.45) is 0 Å². The molecule has 4 rings (SSSR count). The number of aromatic nitrogens is 3. The van der Waals surface area contributed by atoms with E-state index in [0.29, 0.717) is 6.54 Å². The third kappa shape index (κ3) is 4.25. The molecule has 150 valence electrons. The molecule has 2 aliphatic rings. The molecule has 2 aromatic heterocycles. The van der Waals surface area contributed by atoms with Gasteiger partial charge >= 0.3 is 0 Å². The largest absolute Gasteiger partial charge is 0.379 e. The highest BCUT2D eigenvalue weighted by molar-refractivity contribution is 5.78. The average molecular weight is 383 g/mol. The minimum Gasteiger partial charge on any atom is -0.379 e. The number of rotatable bonds is 5. The van der Waals surface area contributed by atoms with E-state index in [1.54, 1.807) is 0 Å². The molecule has 0 aromatic carbocycles. The molecule has 0 aliphatic carbocycles. The lowest BCUT2D eigenvalue weighted by Crippen LogP contribution is -2.47. The van der Waals surface area contributed by atoms with Gasteiger partial charge in [0.15, 0.2) is 0 Å². The molecule has 1 amide bonds. The molecule has 0 radical (unpaired) electrons. The fourth-order valence-electron chi connectivity index (χ4n) is 4.10. The molecular weight excluding hydrogens is 354 g/mol. The van der Waals surface area contributed by atoms with Gasteiger partial charge in [-0.3, -0.25) is 14.3 Å². The van der Waals surface area contributed by atoms with E-state index in [1.807, 2.05) is 27.9 Å². The Morgan fingerprint density at radius 2 is 2.11 bits per heavy atom. The van der Waals surface area contributed by atoms with Crippen molar-refractivity contribution >= 4 is 5.91 Å². The summed E-state index contributed by atoms with van der Waals surface area (Å²) in [6.07, 6.45) is 6.75. The van der Waals surface area contributed by atoms with Crippen LogP contribution in [0.2, 0.25) is 0 Å². The first-order valence-corrected chi connectivity index (χ1v) is 10.3. The summed E-state index contributed by atoms with van der Waals surface area (Å²) in [5, 5.41) is 0. The zero-order chi connectivity index (χ0) is 19.3. The van der Waals surface area contributed by atoms with Gasteiger partial charge in [-0.15, -0.1) is 0 Å². The van der Waals surface area contributed by atoms with Gasteiger partial charge in [0, 0.05) is 56.6 Å². The van der Waals surface area contributed by atoms with E-state index >= 15 is 0 Å². The molecule has 1 unspecified atom stereocenters. The zero-order valence-electron chi connectivity index (χ0n) is 16.6. The van der Waals surface area contributed by atoms with Crippen LogP contribution in [0.5, 0.6) is 0 Å². The summed E-state index contributed by atoms with van der Waals surface area (Å²) in [7, 11) is 0. The topological polar surface area (TPSA) is 63.5 Å². The Balaban J connectivity index is 1.44. The number of carbonyl (C=O) groups excluding carboxylic acids is 1. The van der Waals surface area contributed by atoms with Crippen LogP contribution in [-0.4, -0.2) is 76.2 Å². The Morgan fingerprint density at radius 1 is 1.25 bits per heavy atom. The van der Waals surface area contributed by atoms with Crippen LogP contribution in [0.25, 0.3) is 5.82 Å². The number of carbonyl (C=O) groups is 1. The summed E-state index contributed by atoms with van der Waals surface area (Å²) < 4.78 is 7.43. The van der Waals surface area contributed by atoms with Crippen molar-refractivity contribution in [3.8, 4) is 5.82 Å². The number of hydrogen-bond donors (Lipinski definition) is 0. The number of nitrogens with zero attached hydrogens (tertiary/aromatic N) is 5. The summed E-state index contributed by atoms with van der Waals surface area (Å²) in [4.78, 5) is 26.3. The SMILES string of the molecule is CCc1nccn1-c1cccc(C2CCCN(C(=O)CN3CCOCC3)C2)n1. The molecular formula is C21H29N5O2. The van der Waals surface area contributed by atoms with E-state index in [2.05, 4.69) is 28.9 Å². The monoisotopic (exact) mass is 383 g/mol. The van der Waals surface area contributed by atoms with Crippen LogP contribution in [0.4, 0.5) is 0 Å². The maximum Gasteiger partial charge on any atom is 0.236 e. The van der Waals surface area contributed by atoms with Crippen molar-refractivity contribution in [1.82, 2.24) is 24.3 Å². The molecule has 4 heterocycles. The Bertz CT molecular complexity index is 800. The van der Waals surface area contributed by atoms with Crippen LogP contribution < -0.4 is 0 Å². The molecule has 28 heavy (non-hydrogen) atoms. The van der Waals surface area contributed by atoms with E-state index < -0.39 is 0 Å². The normalized spacial score (nSPS) is 21.0. The smallest absolute Gasteiger partial charge is 0.236 e. The van der Waals surface area contributed by atoms with Gasteiger partial charge < -0.3 is 9.64 Å². The second-order valence-electron chi connectivity index (χ2n) is 7.56. The predicted molar refractivity (Wildman–Crippen MR) is 107 cm³/mol. The highest BCUT2D eigenvalue weighted by Gasteiger charge is 2.27. The fourth-order valence-corrected chi connectivity index (χ4v) is 4.10. The molecule has 0 N–H and O–H groups in total. The van der Waals surface area contributed by atoms with E-state index in [1.165, 1.54) is 0 Å². The number of pyridine rings is 1. The minimum atomic E-state index is 0.227. The Labute approximate surface area is 166 Å². The van der Waals surface area contributed by atoms with Crippen molar-refractivity contribution in [2.45, 2.75) is 32.1 Å². The van der Waals surface area contributed by atoms with Crippen molar-refractivity contribution in [2.75, 3.05) is 45.9 Å². The summed E-state index contributed by atoms with van der Waals surface area (Å²) in [5.41, 5.74) is 1.07. The van der Waals surface area contributed by atoms with Gasteiger partial charge in [-0.05, 0) is 25.0 Å². The standard InChI is InChI=1S/C21H29N5O2/c1-2-19-22-8-10-26(19)20-7-3-6-18(23-20)17-5-4-9-25(15-17)21(27)16-24-11-13-28-14-12-24/h3,6-8,10,17H,2,4-5,9,11-16H2,1H3. The molecule has 0 spiro atoms. The van der Waals surface area contributed by atoms with Gasteiger partial charge in [-0.25, -0.2) is 9.97 Å². The number of amides is 1. The minimum absolute atomic E-state index is 0.227. The van der Waals surface area contributed by atoms with Crippen LogP contribution in [0, 0.1) is 0 Å². The predicted octanol–water partition coefficient (Wildman–Crippen LogP) is 1.87. The summed E-state index contributed by atoms with van der Waals surface area (Å²) >= 11 is 0. The second-order valence-corrected chi connectivity index (χ2v) is 7.56. The quantitative estimate of drug-likeness (QED) is 0.789. The lowest BCUT2D eigenvalue weighted by molar-refractivity contribution is -0.134. The van der Waals surface area contributed by atoms with Crippen molar-refractivity contribution < 1.29 is 9.53 Å². The lowest BCUT2D eigenvalue weighted by atomic mass is 9.94. The molecule has 7 heteroatoms. The molecule has 2 aliphatic heterocycles. The molecule has 7 nitrogen and oxygen atoms in total. The number of aryl methyl sites for hydroxylation is 1. The number of morpholine rings is 1. The van der Waals surface area contributed by atoms with Crippen molar-refractivity contribution in [1.29, 1.82) is 0 Å². The van der Waals surface area contributed by atoms with Gasteiger partial charge in [0.05, 0.1) is 19.8 Å². The molecule has 2 saturated heterocycles. The van der Waals surface area contributed by atoms with Gasteiger partial charge in [0.1, 0.15) is 11.6 Å². The van der Waals surface area contributed by atoms with Gasteiger partial charge in [-0.1, -0.05) is 13.0 Å². The lowest BCUT2D eigenvalue weighted by Gasteiger charge is -2.35. The first-order chi connectivity index (χ1) is 13.7. The molecule has 2 aromatic rings. The second kappa shape index (κ2) is 8.84. The Kier molecular flexibility index (Phi) is 6.02. The Morgan fingerprint density at radius 3 is 2.93 bits per heavy atom. The number of piperidine rings is 1. The van der Waals surface area contributed by atoms with Crippen molar-refractivity contribution in [3.05, 3.63) is 42.1 Å². The van der Waals surface area contributed by atoms with Crippen LogP contribution in [0.1, 0.15) is 37.2 Å². The van der Waals surface area contributed by atoms with E-state index in [-0.39, 0.29) is 11.8 Å². The molecule has 2 fully saturated rings. The molecule has 0 bridgehead atoms. The molecule has 0 saturated carbocycles. The maximum absolute atomic E-state index is 12.8. The third-order valence-corrected chi connectivity index (χ3v) is 5.69. The Hall–Kier alpha value is -2.25. The van der Waals surface area contributed by atoms with E-state index in [0.717, 1.165) is 76.0 Å². The van der Waals surface area contributed by atoms with Crippen LogP contribution in [0.15, 0.2) is 30.6 Å². The number of ether oxygens (including phenoxy) is 1. The molecule has 1 atom stereocenters. The van der Waals surface area contributed by atoms with Gasteiger partial charge in [0.25, 0.3) is 0 Å². The van der Waals surface area contributed by atoms with Crippen molar-refractivity contribution in [3.63, 3.8) is 0 Å².